The van der Waals surface area contributed by atoms with E-state index in [0.29, 0.717) is 12.8 Å². The summed E-state index contributed by atoms with van der Waals surface area (Å²) in [4.78, 5) is 24.4. The Bertz CT molecular complexity index is 1450. The largest absolute Gasteiger partial charge is 0.462 e. The van der Waals surface area contributed by atoms with Gasteiger partial charge in [0.25, 0.3) is 0 Å². The van der Waals surface area contributed by atoms with Gasteiger partial charge in [-0.2, -0.15) is 0 Å². The Kier molecular flexibility index (Phi) is 55.0. The first-order chi connectivity index (χ1) is 34.1. The number of esters is 2. The number of rotatable bonds is 50. The van der Waals surface area contributed by atoms with Crippen LogP contribution < -0.4 is 0 Å². The molecule has 0 aliphatic rings. The van der Waals surface area contributed by atoms with Crippen LogP contribution in [0.2, 0.25) is 0 Å². The lowest BCUT2D eigenvalue weighted by Gasteiger charge is -2.15. The number of aliphatic hydroxyl groups excluding tert-OH is 1. The molecule has 0 fully saturated rings. The fourth-order valence-corrected chi connectivity index (χ4v) is 7.50. The van der Waals surface area contributed by atoms with Crippen molar-refractivity contribution < 1.29 is 24.2 Å². The Hall–Kier alpha value is -3.96. The monoisotopic (exact) mass is 953 g/mol. The summed E-state index contributed by atoms with van der Waals surface area (Å²) in [6.45, 7) is 4.02. The van der Waals surface area contributed by atoms with Gasteiger partial charge in [-0.25, -0.2) is 0 Å². The molecule has 0 aromatic rings. The predicted molar refractivity (Wildman–Crippen MR) is 301 cm³/mol. The van der Waals surface area contributed by atoms with Gasteiger partial charge in [0.1, 0.15) is 6.61 Å². The Labute approximate surface area is 425 Å². The Balaban J connectivity index is 3.62. The Morgan fingerprint density at radius 3 is 0.942 bits per heavy atom. The molecule has 0 radical (unpaired) electrons. The van der Waals surface area contributed by atoms with Crippen LogP contribution in [0.4, 0.5) is 0 Å². The molecule has 1 unspecified atom stereocenters. The maximum absolute atomic E-state index is 12.3. The Morgan fingerprint density at radius 1 is 0.348 bits per heavy atom. The number of carbonyl (C=O) groups excluding carboxylic acids is 2. The van der Waals surface area contributed by atoms with Crippen LogP contribution in [-0.2, 0) is 19.1 Å². The summed E-state index contributed by atoms with van der Waals surface area (Å²) in [5.41, 5.74) is 0. The summed E-state index contributed by atoms with van der Waals surface area (Å²) in [5.74, 6) is -0.606. The van der Waals surface area contributed by atoms with Crippen molar-refractivity contribution in [3.63, 3.8) is 0 Å². The summed E-state index contributed by atoms with van der Waals surface area (Å²) < 4.78 is 10.7. The van der Waals surface area contributed by atoms with Gasteiger partial charge in [-0.05, 0) is 96.3 Å². The second-order valence-corrected chi connectivity index (χ2v) is 18.3. The molecule has 0 amide bonds. The molecular formula is C64H104O5. The van der Waals surface area contributed by atoms with Crippen LogP contribution in [0.1, 0.15) is 239 Å². The van der Waals surface area contributed by atoms with E-state index in [1.54, 1.807) is 0 Å². The first-order valence-electron chi connectivity index (χ1n) is 28.2. The van der Waals surface area contributed by atoms with Crippen molar-refractivity contribution in [3.05, 3.63) is 134 Å². The van der Waals surface area contributed by atoms with Gasteiger partial charge in [-0.3, -0.25) is 9.59 Å². The predicted octanol–water partition coefficient (Wildman–Crippen LogP) is 19.2. The number of aliphatic hydroxyl groups is 1. The number of unbranched alkanes of at least 4 members (excludes halogenated alkanes) is 20. The van der Waals surface area contributed by atoms with Gasteiger partial charge in [0.05, 0.1) is 6.61 Å². The number of allylic oxidation sites excluding steroid dienone is 22. The van der Waals surface area contributed by atoms with Crippen LogP contribution in [0.25, 0.3) is 0 Å². The summed E-state index contributed by atoms with van der Waals surface area (Å²) in [6, 6.07) is 0. The van der Waals surface area contributed by atoms with Crippen LogP contribution >= 0.6 is 0 Å². The van der Waals surface area contributed by atoms with E-state index in [4.69, 9.17) is 9.47 Å². The molecule has 0 bridgehead atoms. The van der Waals surface area contributed by atoms with Crippen LogP contribution in [0, 0.1) is 0 Å². The van der Waals surface area contributed by atoms with Gasteiger partial charge in [0, 0.05) is 12.8 Å². The standard InChI is InChI=1S/C64H104O5/c1-3-5-7-9-11-13-15-17-19-20-21-22-23-24-25-26-27-28-29-30-31-32-33-34-35-36-37-38-39-40-41-42-43-44-45-47-49-51-53-55-57-59-64(67)69-62(60-65)61-68-63(66)58-56-54-52-50-48-46-18-16-14-12-10-8-6-4-2/h5,7,11,13,17,19,21-22,24-25,27-28,30-31,33-34,36-37,39-40,42-43,62,65H,3-4,6,8-10,12,14-16,18,20,23,26,29,32,35,38,41,44-61H2,1-2H3/b7-5-,13-11-,19-17-,22-21-,25-24-,28-27-,31-30-,34-33-,37-36-,40-39-,43-42-. The SMILES string of the molecule is CC/C=C\C/C=C\C/C=C\C/C=C\C/C=C\C/C=C\C/C=C\C/C=C\C/C=C\C/C=C\C/C=C\CCCCCCCCCC(=O)OC(CO)COC(=O)CCCCCCCCCCCCCCCC. The zero-order valence-electron chi connectivity index (χ0n) is 44.5. The first-order valence-corrected chi connectivity index (χ1v) is 28.2. The summed E-state index contributed by atoms with van der Waals surface area (Å²) in [7, 11) is 0. The van der Waals surface area contributed by atoms with Crippen molar-refractivity contribution in [1.82, 2.24) is 0 Å². The highest BCUT2D eigenvalue weighted by atomic mass is 16.6. The highest BCUT2D eigenvalue weighted by molar-refractivity contribution is 5.70. The van der Waals surface area contributed by atoms with Gasteiger partial charge in [-0.15, -0.1) is 0 Å². The second-order valence-electron chi connectivity index (χ2n) is 18.3. The van der Waals surface area contributed by atoms with Crippen LogP contribution in [0.15, 0.2) is 134 Å². The molecule has 1 N–H and O–H groups in total. The number of carbonyl (C=O) groups is 2. The van der Waals surface area contributed by atoms with Gasteiger partial charge < -0.3 is 14.6 Å². The molecule has 0 saturated heterocycles. The summed E-state index contributed by atoms with van der Waals surface area (Å²) in [5, 5.41) is 9.62. The molecule has 0 aromatic carbocycles. The minimum Gasteiger partial charge on any atom is -0.462 e. The van der Waals surface area contributed by atoms with Crippen molar-refractivity contribution in [1.29, 1.82) is 0 Å². The van der Waals surface area contributed by atoms with E-state index < -0.39 is 6.10 Å². The third-order valence-corrected chi connectivity index (χ3v) is 11.7. The van der Waals surface area contributed by atoms with Crippen molar-refractivity contribution >= 4 is 11.9 Å². The van der Waals surface area contributed by atoms with Crippen molar-refractivity contribution in [2.24, 2.45) is 0 Å². The van der Waals surface area contributed by atoms with E-state index in [9.17, 15) is 14.7 Å². The van der Waals surface area contributed by atoms with Crippen molar-refractivity contribution in [2.45, 2.75) is 245 Å². The molecule has 0 rings (SSSR count). The lowest BCUT2D eigenvalue weighted by Crippen LogP contribution is -2.28. The molecular weight excluding hydrogens is 849 g/mol. The molecule has 69 heavy (non-hydrogen) atoms. The number of hydrogen-bond donors (Lipinski definition) is 1. The maximum atomic E-state index is 12.3. The molecule has 0 saturated carbocycles. The molecule has 1 atom stereocenters. The van der Waals surface area contributed by atoms with Crippen LogP contribution in [-0.4, -0.2) is 36.4 Å². The molecule has 0 heterocycles. The number of ether oxygens (including phenoxy) is 2. The zero-order chi connectivity index (χ0) is 49.9. The quantitative estimate of drug-likeness (QED) is 0.0374. The molecule has 5 nitrogen and oxygen atoms in total. The highest BCUT2D eigenvalue weighted by Gasteiger charge is 2.16. The third kappa shape index (κ3) is 56.5. The van der Waals surface area contributed by atoms with E-state index in [-0.39, 0.29) is 25.2 Å². The fraction of sp³-hybridized carbons (Fsp3) is 0.625. The van der Waals surface area contributed by atoms with E-state index in [1.807, 2.05) is 0 Å². The lowest BCUT2D eigenvalue weighted by atomic mass is 10.0. The molecule has 5 heteroatoms. The first kappa shape index (κ1) is 65.0. The summed E-state index contributed by atoms with van der Waals surface area (Å²) in [6.07, 6.45) is 87.0. The molecule has 0 aliphatic carbocycles. The van der Waals surface area contributed by atoms with Crippen molar-refractivity contribution in [2.75, 3.05) is 13.2 Å². The topological polar surface area (TPSA) is 72.8 Å². The highest BCUT2D eigenvalue weighted by Crippen LogP contribution is 2.15. The second kappa shape index (κ2) is 58.4. The van der Waals surface area contributed by atoms with E-state index >= 15 is 0 Å². The molecule has 0 spiro atoms. The van der Waals surface area contributed by atoms with Crippen LogP contribution in [0.3, 0.4) is 0 Å². The molecule has 0 aromatic heterocycles. The average Bonchev–Trinajstić information content (AvgIpc) is 3.35. The normalized spacial score (nSPS) is 13.3. The fourth-order valence-electron chi connectivity index (χ4n) is 7.50. The van der Waals surface area contributed by atoms with Gasteiger partial charge in [-0.1, -0.05) is 263 Å². The molecule has 390 valence electrons. The smallest absolute Gasteiger partial charge is 0.306 e. The Morgan fingerprint density at radius 2 is 0.623 bits per heavy atom. The van der Waals surface area contributed by atoms with E-state index in [0.717, 1.165) is 116 Å². The van der Waals surface area contributed by atoms with Crippen molar-refractivity contribution in [3.8, 4) is 0 Å². The van der Waals surface area contributed by atoms with E-state index in [2.05, 4.69) is 148 Å². The number of hydrogen-bond acceptors (Lipinski definition) is 5. The van der Waals surface area contributed by atoms with Gasteiger partial charge in [0.2, 0.25) is 0 Å². The maximum Gasteiger partial charge on any atom is 0.306 e. The average molecular weight is 954 g/mol. The molecule has 0 aliphatic heterocycles. The van der Waals surface area contributed by atoms with Crippen LogP contribution in [0.5, 0.6) is 0 Å². The zero-order valence-corrected chi connectivity index (χ0v) is 44.5. The van der Waals surface area contributed by atoms with E-state index in [1.165, 1.54) is 96.3 Å². The van der Waals surface area contributed by atoms with Gasteiger partial charge >= 0.3 is 11.9 Å². The minimum atomic E-state index is -0.784. The minimum absolute atomic E-state index is 0.0744. The summed E-state index contributed by atoms with van der Waals surface area (Å²) >= 11 is 0. The van der Waals surface area contributed by atoms with Gasteiger partial charge in [0.15, 0.2) is 6.10 Å². The third-order valence-electron chi connectivity index (χ3n) is 11.7. The lowest BCUT2D eigenvalue weighted by molar-refractivity contribution is -0.161.